The number of ether oxygens (including phenoxy) is 1. The maximum Gasteiger partial charge on any atom is 0.138 e. The first-order valence-corrected chi connectivity index (χ1v) is 9.74. The van der Waals surface area contributed by atoms with Gasteiger partial charge in [-0.1, -0.05) is 53.1 Å². The zero-order valence-corrected chi connectivity index (χ0v) is 16.7. The molecule has 0 spiro atoms. The average molecular weight is 415 g/mol. The molecule has 1 fully saturated rings. The van der Waals surface area contributed by atoms with Gasteiger partial charge in [0.05, 0.1) is 5.02 Å². The number of nitrogens with zero attached hydrogens (tertiary/aromatic N) is 1. The Labute approximate surface area is 168 Å². The van der Waals surface area contributed by atoms with Gasteiger partial charge in [-0.3, -0.25) is 0 Å². The molecule has 1 heterocycles. The van der Waals surface area contributed by atoms with Crippen molar-refractivity contribution >= 4 is 52.0 Å². The van der Waals surface area contributed by atoms with Gasteiger partial charge in [-0.25, -0.2) is 0 Å². The van der Waals surface area contributed by atoms with Crippen molar-refractivity contribution in [2.24, 2.45) is 0 Å². The molecule has 25 heavy (non-hydrogen) atoms. The van der Waals surface area contributed by atoms with Crippen molar-refractivity contribution in [1.82, 2.24) is 4.90 Å². The molecule has 0 aromatic heterocycles. The van der Waals surface area contributed by atoms with Crippen LogP contribution in [0.5, 0.6) is 5.75 Å². The van der Waals surface area contributed by atoms with Crippen LogP contribution in [-0.2, 0) is 6.61 Å². The first-order chi connectivity index (χ1) is 12.0. The van der Waals surface area contributed by atoms with Crippen molar-refractivity contribution in [3.63, 3.8) is 0 Å². The molecule has 0 saturated carbocycles. The van der Waals surface area contributed by atoms with E-state index in [4.69, 9.17) is 51.8 Å². The molecule has 2 aromatic carbocycles. The molecule has 1 aliphatic rings. The van der Waals surface area contributed by atoms with Gasteiger partial charge in [0.1, 0.15) is 17.3 Å². The average Bonchev–Trinajstić information content (AvgIpc) is 2.62. The summed E-state index contributed by atoms with van der Waals surface area (Å²) in [5.74, 6) is 0.609. The molecule has 1 aliphatic heterocycles. The lowest BCUT2D eigenvalue weighted by atomic mass is 10.1. The van der Waals surface area contributed by atoms with Gasteiger partial charge in [-0.05, 0) is 49.6 Å². The molecule has 0 atom stereocenters. The predicted molar refractivity (Wildman–Crippen MR) is 109 cm³/mol. The van der Waals surface area contributed by atoms with Crippen LogP contribution < -0.4 is 4.74 Å². The third kappa shape index (κ3) is 4.79. The van der Waals surface area contributed by atoms with Crippen molar-refractivity contribution in [2.75, 3.05) is 13.1 Å². The van der Waals surface area contributed by atoms with Gasteiger partial charge in [0.15, 0.2) is 0 Å². The maximum absolute atomic E-state index is 6.39. The van der Waals surface area contributed by atoms with E-state index in [0.717, 1.165) is 29.2 Å². The van der Waals surface area contributed by atoms with Crippen LogP contribution in [0.2, 0.25) is 15.1 Å². The molecule has 3 rings (SSSR count). The number of benzene rings is 2. The van der Waals surface area contributed by atoms with Crippen LogP contribution in [0, 0.1) is 0 Å². The number of hydrogen-bond donors (Lipinski definition) is 0. The van der Waals surface area contributed by atoms with Crippen molar-refractivity contribution in [3.05, 3.63) is 62.6 Å². The lowest BCUT2D eigenvalue weighted by Crippen LogP contribution is -2.34. The number of piperidine rings is 1. The zero-order valence-electron chi connectivity index (χ0n) is 13.6. The Bertz CT molecular complexity index is 775. The first-order valence-electron chi connectivity index (χ1n) is 8.20. The van der Waals surface area contributed by atoms with Gasteiger partial charge >= 0.3 is 0 Å². The summed E-state index contributed by atoms with van der Waals surface area (Å²) >= 11 is 24.1. The smallest absolute Gasteiger partial charge is 0.138 e. The van der Waals surface area contributed by atoms with Crippen LogP contribution in [0.1, 0.15) is 30.4 Å². The Morgan fingerprint density at radius 3 is 2.40 bits per heavy atom. The van der Waals surface area contributed by atoms with Gasteiger partial charge in [0.25, 0.3) is 0 Å². The van der Waals surface area contributed by atoms with Crippen molar-refractivity contribution in [1.29, 1.82) is 0 Å². The Balaban J connectivity index is 1.68. The van der Waals surface area contributed by atoms with E-state index >= 15 is 0 Å². The van der Waals surface area contributed by atoms with Crippen LogP contribution in [0.4, 0.5) is 0 Å². The number of halogens is 3. The van der Waals surface area contributed by atoms with Gasteiger partial charge in [-0.2, -0.15) is 0 Å². The fraction of sp³-hybridized carbons (Fsp3) is 0.316. The summed E-state index contributed by atoms with van der Waals surface area (Å²) in [5.41, 5.74) is 1.81. The second-order valence-corrected chi connectivity index (χ2v) is 7.66. The number of rotatable bonds is 4. The number of hydrogen-bond acceptors (Lipinski definition) is 2. The summed E-state index contributed by atoms with van der Waals surface area (Å²) < 4.78 is 5.81. The van der Waals surface area contributed by atoms with E-state index in [0.29, 0.717) is 27.4 Å². The summed E-state index contributed by atoms with van der Waals surface area (Å²) in [4.78, 5) is 3.10. The van der Waals surface area contributed by atoms with Gasteiger partial charge in [-0.15, -0.1) is 0 Å². The van der Waals surface area contributed by atoms with E-state index in [-0.39, 0.29) is 0 Å². The minimum absolute atomic E-state index is 0.325. The normalized spacial score (nSPS) is 14.4. The Kier molecular flexibility index (Phi) is 6.45. The summed E-state index contributed by atoms with van der Waals surface area (Å²) in [6.45, 7) is 2.36. The van der Waals surface area contributed by atoms with Crippen molar-refractivity contribution in [3.8, 4) is 5.75 Å². The van der Waals surface area contributed by atoms with Crippen LogP contribution in [0.15, 0.2) is 36.4 Å². The zero-order chi connectivity index (χ0) is 17.8. The van der Waals surface area contributed by atoms with Gasteiger partial charge in [0, 0.05) is 34.3 Å². The van der Waals surface area contributed by atoms with Crippen molar-refractivity contribution < 1.29 is 4.74 Å². The van der Waals surface area contributed by atoms with E-state index in [9.17, 15) is 0 Å². The minimum Gasteiger partial charge on any atom is -0.487 e. The SMILES string of the molecule is S=C(c1ccc(OCc2ccc(Cl)cc2Cl)c(Cl)c1)N1CCCCC1. The maximum atomic E-state index is 6.39. The molecular formula is C19H18Cl3NOS. The van der Waals surface area contributed by atoms with E-state index in [2.05, 4.69) is 4.90 Å². The molecule has 132 valence electrons. The Hall–Kier alpha value is -1.00. The highest BCUT2D eigenvalue weighted by Crippen LogP contribution is 2.29. The van der Waals surface area contributed by atoms with E-state index in [1.165, 1.54) is 19.3 Å². The summed E-state index contributed by atoms with van der Waals surface area (Å²) in [6.07, 6.45) is 3.66. The standard InChI is InChI=1S/C19H18Cl3NOS/c20-15-6-4-14(16(21)11-15)12-24-18-7-5-13(10-17(18)22)19(25)23-8-2-1-3-9-23/h4-7,10-11H,1-3,8-9,12H2. The molecule has 1 saturated heterocycles. The number of thiocarbonyl (C=S) groups is 1. The highest BCUT2D eigenvalue weighted by molar-refractivity contribution is 7.80. The van der Waals surface area contributed by atoms with Gasteiger partial charge < -0.3 is 9.64 Å². The lowest BCUT2D eigenvalue weighted by Gasteiger charge is -2.29. The fourth-order valence-electron chi connectivity index (χ4n) is 2.82. The molecule has 0 unspecified atom stereocenters. The topological polar surface area (TPSA) is 12.5 Å². The third-order valence-corrected chi connectivity index (χ3v) is 5.60. The molecule has 2 nitrogen and oxygen atoms in total. The van der Waals surface area contributed by atoms with E-state index in [1.807, 2.05) is 24.3 Å². The fourth-order valence-corrected chi connectivity index (χ4v) is 3.83. The summed E-state index contributed by atoms with van der Waals surface area (Å²) in [6, 6.07) is 11.0. The monoisotopic (exact) mass is 413 g/mol. The largest absolute Gasteiger partial charge is 0.487 e. The van der Waals surface area contributed by atoms with E-state index < -0.39 is 0 Å². The molecule has 2 aromatic rings. The Morgan fingerprint density at radius 1 is 0.960 bits per heavy atom. The third-order valence-electron chi connectivity index (χ3n) is 4.22. The second kappa shape index (κ2) is 8.59. The van der Waals surface area contributed by atoms with Crippen LogP contribution in [0.25, 0.3) is 0 Å². The highest BCUT2D eigenvalue weighted by atomic mass is 35.5. The van der Waals surface area contributed by atoms with Crippen LogP contribution >= 0.6 is 47.0 Å². The van der Waals surface area contributed by atoms with Crippen LogP contribution in [-0.4, -0.2) is 23.0 Å². The highest BCUT2D eigenvalue weighted by Gasteiger charge is 2.16. The quantitative estimate of drug-likeness (QED) is 0.538. The van der Waals surface area contributed by atoms with Crippen molar-refractivity contribution in [2.45, 2.75) is 25.9 Å². The summed E-state index contributed by atoms with van der Waals surface area (Å²) in [5, 5.41) is 1.72. The molecule has 0 N–H and O–H groups in total. The molecule has 0 amide bonds. The molecule has 6 heteroatoms. The first kappa shape index (κ1) is 18.8. The lowest BCUT2D eigenvalue weighted by molar-refractivity contribution is 0.306. The molecule has 0 bridgehead atoms. The predicted octanol–water partition coefficient (Wildman–Crippen LogP) is 6.39. The second-order valence-electron chi connectivity index (χ2n) is 6.02. The minimum atomic E-state index is 0.325. The Morgan fingerprint density at radius 2 is 1.72 bits per heavy atom. The van der Waals surface area contributed by atoms with Crippen LogP contribution in [0.3, 0.4) is 0 Å². The molecule has 0 aliphatic carbocycles. The summed E-state index contributed by atoms with van der Waals surface area (Å²) in [7, 11) is 0. The molecule has 0 radical (unpaired) electrons. The van der Waals surface area contributed by atoms with Gasteiger partial charge in [0.2, 0.25) is 0 Å². The van der Waals surface area contributed by atoms with E-state index in [1.54, 1.807) is 12.1 Å². The molecular weight excluding hydrogens is 397 g/mol. The number of likely N-dealkylation sites (tertiary alicyclic amines) is 1.